The van der Waals surface area contributed by atoms with Crippen molar-refractivity contribution < 1.29 is 17.7 Å². The van der Waals surface area contributed by atoms with E-state index in [1.54, 1.807) is 6.07 Å². The van der Waals surface area contributed by atoms with Gasteiger partial charge in [-0.25, -0.2) is 8.42 Å². The molecule has 1 aromatic rings. The molecule has 2 saturated heterocycles. The van der Waals surface area contributed by atoms with Crippen molar-refractivity contribution in [3.63, 3.8) is 0 Å². The van der Waals surface area contributed by atoms with Crippen LogP contribution in [0.3, 0.4) is 0 Å². The molecule has 1 N–H and O–H groups in total. The maximum absolute atomic E-state index is 11.9. The predicted molar refractivity (Wildman–Crippen MR) is 96.6 cm³/mol. The van der Waals surface area contributed by atoms with Crippen LogP contribution in [0.4, 0.5) is 0 Å². The molecule has 24 heavy (non-hydrogen) atoms. The van der Waals surface area contributed by atoms with Gasteiger partial charge in [0.25, 0.3) is 0 Å². The Hall–Kier alpha value is -0.595. The monoisotopic (exact) mass is 371 g/mol. The van der Waals surface area contributed by atoms with Crippen molar-refractivity contribution in [1.29, 1.82) is 0 Å². The highest BCUT2D eigenvalue weighted by Crippen LogP contribution is 2.36. The first-order chi connectivity index (χ1) is 11.0. The van der Waals surface area contributed by atoms with Crippen LogP contribution in [-0.2, 0) is 19.1 Å². The molecule has 0 bridgehead atoms. The number of hydrogen-bond donors (Lipinski definition) is 1. The Morgan fingerprint density at radius 3 is 2.38 bits per heavy atom. The lowest BCUT2D eigenvalue weighted by atomic mass is 9.78. The molecule has 0 spiro atoms. The van der Waals surface area contributed by atoms with E-state index in [-0.39, 0.29) is 17.5 Å². The smallest absolute Gasteiger partial charge is 0.399 e. The minimum absolute atomic E-state index is 0.0795. The highest BCUT2D eigenvalue weighted by molar-refractivity contribution is 7.91. The molecule has 1 unspecified atom stereocenters. The maximum atomic E-state index is 11.9. The van der Waals surface area contributed by atoms with Crippen LogP contribution in [0.2, 0.25) is 5.02 Å². The van der Waals surface area contributed by atoms with Crippen molar-refractivity contribution in [3.8, 4) is 0 Å². The van der Waals surface area contributed by atoms with Gasteiger partial charge in [-0.3, -0.25) is 0 Å². The molecule has 0 aromatic heterocycles. The van der Waals surface area contributed by atoms with E-state index in [0.29, 0.717) is 11.6 Å². The molecule has 2 fully saturated rings. The van der Waals surface area contributed by atoms with Gasteiger partial charge < -0.3 is 14.6 Å². The van der Waals surface area contributed by atoms with Crippen LogP contribution in [0, 0.1) is 0 Å². The van der Waals surface area contributed by atoms with Crippen molar-refractivity contribution in [2.75, 3.05) is 18.1 Å². The summed E-state index contributed by atoms with van der Waals surface area (Å²) in [5, 5.41) is 3.79. The standard InChI is InChI=1S/C16H23BClNO4S/c1-15(2)16(3,4)23-17(22-15)12-7-11(8-13(18)9-12)14-10-24(20,21)6-5-19-14/h7-9,14,19H,5-6,10H2,1-4H3. The minimum atomic E-state index is -3.03. The lowest BCUT2D eigenvalue weighted by molar-refractivity contribution is 0.00578. The summed E-state index contributed by atoms with van der Waals surface area (Å²) >= 11 is 6.27. The van der Waals surface area contributed by atoms with E-state index in [4.69, 9.17) is 20.9 Å². The molecule has 1 aromatic carbocycles. The normalized spacial score (nSPS) is 28.0. The Balaban J connectivity index is 1.90. The first kappa shape index (κ1) is 18.2. The van der Waals surface area contributed by atoms with Crippen molar-refractivity contribution in [1.82, 2.24) is 5.32 Å². The van der Waals surface area contributed by atoms with E-state index in [1.807, 2.05) is 39.8 Å². The Morgan fingerprint density at radius 1 is 1.17 bits per heavy atom. The molecule has 8 heteroatoms. The second kappa shape index (κ2) is 5.99. The molecule has 1 atom stereocenters. The first-order valence-electron chi connectivity index (χ1n) is 8.09. The third-order valence-corrected chi connectivity index (χ3v) is 6.98. The average molecular weight is 372 g/mol. The summed E-state index contributed by atoms with van der Waals surface area (Å²) in [5.41, 5.74) is 0.774. The van der Waals surface area contributed by atoms with Gasteiger partial charge in [0.2, 0.25) is 0 Å². The fourth-order valence-electron chi connectivity index (χ4n) is 2.95. The van der Waals surface area contributed by atoms with Crippen LogP contribution >= 0.6 is 11.6 Å². The first-order valence-corrected chi connectivity index (χ1v) is 10.3. The lowest BCUT2D eigenvalue weighted by Crippen LogP contribution is -2.41. The SMILES string of the molecule is CC1(C)OB(c2cc(Cl)cc(C3CS(=O)(=O)CCN3)c2)OC1(C)C. The van der Waals surface area contributed by atoms with Gasteiger partial charge in [0.05, 0.1) is 22.7 Å². The van der Waals surface area contributed by atoms with Gasteiger partial charge in [0.15, 0.2) is 9.84 Å². The van der Waals surface area contributed by atoms with E-state index in [1.165, 1.54) is 0 Å². The molecular weight excluding hydrogens is 349 g/mol. The van der Waals surface area contributed by atoms with Gasteiger partial charge in [-0.1, -0.05) is 17.7 Å². The van der Waals surface area contributed by atoms with Crippen LogP contribution in [0.5, 0.6) is 0 Å². The molecule has 132 valence electrons. The number of nitrogens with one attached hydrogen (secondary N) is 1. The topological polar surface area (TPSA) is 64.6 Å². The molecule has 2 heterocycles. The third-order valence-electron chi connectivity index (χ3n) is 5.09. The molecule has 0 aliphatic carbocycles. The molecule has 0 saturated carbocycles. The molecule has 0 amide bonds. The zero-order chi connectivity index (χ0) is 17.8. The molecular formula is C16H23BClNO4S. The Kier molecular flexibility index (Phi) is 4.54. The van der Waals surface area contributed by atoms with Gasteiger partial charge >= 0.3 is 7.12 Å². The fourth-order valence-corrected chi connectivity index (χ4v) is 4.62. The summed E-state index contributed by atoms with van der Waals surface area (Å²) in [4.78, 5) is 0. The number of benzene rings is 1. The molecule has 3 rings (SSSR count). The second-order valence-corrected chi connectivity index (χ2v) is 10.2. The Labute approximate surface area is 149 Å². The van der Waals surface area contributed by atoms with Crippen molar-refractivity contribution >= 4 is 34.0 Å². The van der Waals surface area contributed by atoms with E-state index in [0.717, 1.165) is 11.0 Å². The highest BCUT2D eigenvalue weighted by Gasteiger charge is 2.51. The zero-order valence-corrected chi connectivity index (χ0v) is 16.0. The summed E-state index contributed by atoms with van der Waals surface area (Å²) < 4.78 is 36.0. The van der Waals surface area contributed by atoms with Gasteiger partial charge in [0.1, 0.15) is 0 Å². The maximum Gasteiger partial charge on any atom is 0.494 e. The fraction of sp³-hybridized carbons (Fsp3) is 0.625. The second-order valence-electron chi connectivity index (χ2n) is 7.53. The van der Waals surface area contributed by atoms with Gasteiger partial charge in [-0.15, -0.1) is 0 Å². The predicted octanol–water partition coefficient (Wildman–Crippen LogP) is 1.70. The lowest BCUT2D eigenvalue weighted by Gasteiger charge is -2.32. The van der Waals surface area contributed by atoms with E-state index < -0.39 is 28.2 Å². The number of halogens is 1. The minimum Gasteiger partial charge on any atom is -0.399 e. The van der Waals surface area contributed by atoms with Gasteiger partial charge in [-0.2, -0.15) is 0 Å². The molecule has 0 radical (unpaired) electrons. The van der Waals surface area contributed by atoms with Crippen LogP contribution in [0.15, 0.2) is 18.2 Å². The highest BCUT2D eigenvalue weighted by atomic mass is 35.5. The van der Waals surface area contributed by atoms with E-state index >= 15 is 0 Å². The number of rotatable bonds is 2. The summed E-state index contributed by atoms with van der Waals surface area (Å²) in [6, 6.07) is 5.27. The third kappa shape index (κ3) is 3.51. The summed E-state index contributed by atoms with van der Waals surface area (Å²) in [7, 11) is -3.55. The molecule has 2 aliphatic heterocycles. The largest absolute Gasteiger partial charge is 0.494 e. The number of sulfone groups is 1. The van der Waals surface area contributed by atoms with Crippen LogP contribution in [0.1, 0.15) is 39.3 Å². The van der Waals surface area contributed by atoms with Gasteiger partial charge in [0, 0.05) is 17.6 Å². The summed E-state index contributed by atoms with van der Waals surface area (Å²) in [5.74, 6) is 0.254. The zero-order valence-electron chi connectivity index (χ0n) is 14.4. The molecule has 2 aliphatic rings. The van der Waals surface area contributed by atoms with Crippen LogP contribution < -0.4 is 10.8 Å². The Morgan fingerprint density at radius 2 is 1.79 bits per heavy atom. The van der Waals surface area contributed by atoms with E-state index in [9.17, 15) is 8.42 Å². The molecule has 5 nitrogen and oxygen atoms in total. The van der Waals surface area contributed by atoms with Crippen molar-refractivity contribution in [2.45, 2.75) is 44.9 Å². The summed E-state index contributed by atoms with van der Waals surface area (Å²) in [6.45, 7) is 8.42. The van der Waals surface area contributed by atoms with Crippen molar-refractivity contribution in [3.05, 3.63) is 28.8 Å². The average Bonchev–Trinajstić information content (AvgIpc) is 2.66. The number of hydrogen-bond acceptors (Lipinski definition) is 5. The van der Waals surface area contributed by atoms with Gasteiger partial charge in [-0.05, 0) is 50.9 Å². The summed E-state index contributed by atoms with van der Waals surface area (Å²) in [6.07, 6.45) is 0. The van der Waals surface area contributed by atoms with E-state index in [2.05, 4.69) is 5.32 Å². The van der Waals surface area contributed by atoms with Crippen molar-refractivity contribution in [2.24, 2.45) is 0 Å². The quantitative estimate of drug-likeness (QED) is 0.802. The van der Waals surface area contributed by atoms with Crippen LogP contribution in [-0.4, -0.2) is 44.8 Å². The Bertz CT molecular complexity index is 734. The van der Waals surface area contributed by atoms with Crippen LogP contribution in [0.25, 0.3) is 0 Å².